The van der Waals surface area contributed by atoms with Crippen molar-refractivity contribution in [3.8, 4) is 17.1 Å². The minimum Gasteiger partial charge on any atom is -0.465 e. The Labute approximate surface area is 186 Å². The number of pyridine rings is 1. The molecule has 0 spiro atoms. The number of benzene rings is 1. The first kappa shape index (κ1) is 20.7. The molecule has 4 aromatic rings. The van der Waals surface area contributed by atoms with E-state index in [0.717, 1.165) is 6.07 Å². The second kappa shape index (κ2) is 8.08. The Morgan fingerprint density at radius 2 is 1.94 bits per heavy atom. The fraction of sp³-hybridized carbons (Fsp3) is 0.227. The van der Waals surface area contributed by atoms with Gasteiger partial charge in [0.2, 0.25) is 0 Å². The minimum absolute atomic E-state index is 0.0900. The molecule has 1 amide bonds. The molecular weight excluding hydrogens is 432 g/mol. The number of carbonyl (C=O) groups is 1. The topological polar surface area (TPSA) is 100 Å². The van der Waals surface area contributed by atoms with Gasteiger partial charge in [-0.2, -0.15) is 10.2 Å². The monoisotopic (exact) mass is 451 g/mol. The molecule has 5 rings (SSSR count). The van der Waals surface area contributed by atoms with Crippen molar-refractivity contribution in [3.63, 3.8) is 0 Å². The van der Waals surface area contributed by atoms with Gasteiger partial charge in [-0.15, -0.1) is 0 Å². The van der Waals surface area contributed by atoms with Crippen LogP contribution in [0.1, 0.15) is 6.92 Å². The Morgan fingerprint density at radius 1 is 1.09 bits per heavy atom. The zero-order valence-electron chi connectivity index (χ0n) is 17.6. The van der Waals surface area contributed by atoms with E-state index >= 15 is 0 Å². The number of imidazole rings is 1. The van der Waals surface area contributed by atoms with Crippen molar-refractivity contribution in [3.05, 3.63) is 60.4 Å². The molecule has 0 radical (unpaired) electrons. The molecule has 11 heteroatoms. The SMILES string of the molecule is C[C@@H]1CN(C(=O)O)CCN1c1ccc2nc(-c3ccc(F)cc3F)n(-c3ccnnc3)c2n1. The second-order valence-electron chi connectivity index (χ2n) is 7.78. The molecule has 33 heavy (non-hydrogen) atoms. The van der Waals surface area contributed by atoms with Crippen LogP contribution in [0.2, 0.25) is 0 Å². The molecular formula is C22H19F2N7O2. The molecule has 1 aliphatic rings. The first-order valence-corrected chi connectivity index (χ1v) is 10.3. The molecule has 0 aliphatic carbocycles. The normalized spacial score (nSPS) is 16.4. The van der Waals surface area contributed by atoms with Gasteiger partial charge in [-0.1, -0.05) is 0 Å². The molecule has 1 saturated heterocycles. The number of hydrogen-bond acceptors (Lipinski definition) is 6. The number of aromatic nitrogens is 5. The minimum atomic E-state index is -0.945. The highest BCUT2D eigenvalue weighted by molar-refractivity contribution is 5.81. The Bertz CT molecular complexity index is 1350. The molecule has 0 saturated carbocycles. The molecule has 1 aromatic carbocycles. The van der Waals surface area contributed by atoms with Crippen LogP contribution in [0.25, 0.3) is 28.2 Å². The number of rotatable bonds is 3. The molecule has 4 heterocycles. The Hall–Kier alpha value is -4.15. The van der Waals surface area contributed by atoms with E-state index in [2.05, 4.69) is 15.2 Å². The van der Waals surface area contributed by atoms with Crippen LogP contribution in [0.4, 0.5) is 19.4 Å². The van der Waals surface area contributed by atoms with Crippen LogP contribution in [0.5, 0.6) is 0 Å². The molecule has 168 valence electrons. The molecule has 1 atom stereocenters. The van der Waals surface area contributed by atoms with Crippen LogP contribution in [0.3, 0.4) is 0 Å². The number of fused-ring (bicyclic) bond motifs is 1. The van der Waals surface area contributed by atoms with Crippen molar-refractivity contribution in [1.82, 2.24) is 29.6 Å². The van der Waals surface area contributed by atoms with Gasteiger partial charge in [-0.25, -0.2) is 23.5 Å². The number of carboxylic acid groups (broad SMARTS) is 1. The standard InChI is InChI=1S/C22H19F2N7O2/c1-13-12-29(22(32)33)8-9-30(13)19-5-4-18-21(28-19)31(15-6-7-25-26-11-15)20(27-18)16-3-2-14(23)10-17(16)24/h2-7,10-11,13H,8-9,12H2,1H3,(H,32,33)/t13-/m1/s1. The van der Waals surface area contributed by atoms with Gasteiger partial charge in [0.05, 0.1) is 23.6 Å². The van der Waals surface area contributed by atoms with Gasteiger partial charge in [0.15, 0.2) is 5.65 Å². The highest BCUT2D eigenvalue weighted by Crippen LogP contribution is 2.31. The fourth-order valence-electron chi connectivity index (χ4n) is 4.09. The lowest BCUT2D eigenvalue weighted by molar-refractivity contribution is 0.136. The number of hydrogen-bond donors (Lipinski definition) is 1. The van der Waals surface area contributed by atoms with E-state index in [1.54, 1.807) is 16.7 Å². The van der Waals surface area contributed by atoms with E-state index < -0.39 is 17.7 Å². The number of nitrogens with zero attached hydrogens (tertiary/aromatic N) is 7. The van der Waals surface area contributed by atoms with Gasteiger partial charge in [-0.3, -0.25) is 4.57 Å². The van der Waals surface area contributed by atoms with Gasteiger partial charge in [-0.05, 0) is 37.3 Å². The average molecular weight is 451 g/mol. The van der Waals surface area contributed by atoms with Crippen LogP contribution in [0, 0.1) is 11.6 Å². The maximum absolute atomic E-state index is 14.7. The zero-order valence-corrected chi connectivity index (χ0v) is 17.6. The maximum atomic E-state index is 14.7. The molecule has 1 N–H and O–H groups in total. The summed E-state index contributed by atoms with van der Waals surface area (Å²) >= 11 is 0. The number of anilines is 1. The quantitative estimate of drug-likeness (QED) is 0.510. The second-order valence-corrected chi connectivity index (χ2v) is 7.78. The average Bonchev–Trinajstić information content (AvgIpc) is 3.17. The van der Waals surface area contributed by atoms with Crippen LogP contribution < -0.4 is 4.90 Å². The van der Waals surface area contributed by atoms with Gasteiger partial charge in [0.25, 0.3) is 0 Å². The summed E-state index contributed by atoms with van der Waals surface area (Å²) in [6.45, 7) is 3.13. The smallest absolute Gasteiger partial charge is 0.407 e. The summed E-state index contributed by atoms with van der Waals surface area (Å²) in [5.74, 6) is -0.523. The van der Waals surface area contributed by atoms with Crippen molar-refractivity contribution < 1.29 is 18.7 Å². The highest BCUT2D eigenvalue weighted by atomic mass is 19.1. The molecule has 0 unspecified atom stereocenters. The van der Waals surface area contributed by atoms with Crippen LogP contribution in [0.15, 0.2) is 48.8 Å². The van der Waals surface area contributed by atoms with Gasteiger partial charge < -0.3 is 14.9 Å². The first-order valence-electron chi connectivity index (χ1n) is 10.3. The van der Waals surface area contributed by atoms with Crippen molar-refractivity contribution in [2.75, 3.05) is 24.5 Å². The Morgan fingerprint density at radius 3 is 2.64 bits per heavy atom. The van der Waals surface area contributed by atoms with E-state index in [-0.39, 0.29) is 17.4 Å². The first-order chi connectivity index (χ1) is 15.9. The van der Waals surface area contributed by atoms with Crippen molar-refractivity contribution in [2.45, 2.75) is 13.0 Å². The fourth-order valence-corrected chi connectivity index (χ4v) is 4.09. The lowest BCUT2D eigenvalue weighted by atomic mass is 10.2. The Balaban J connectivity index is 1.65. The summed E-state index contributed by atoms with van der Waals surface area (Å²) in [6.07, 6.45) is 2.07. The number of halogens is 2. The molecule has 1 fully saturated rings. The van der Waals surface area contributed by atoms with E-state index in [0.29, 0.717) is 42.3 Å². The zero-order chi connectivity index (χ0) is 23.1. The molecule has 1 aliphatic heterocycles. The van der Waals surface area contributed by atoms with Crippen LogP contribution in [-0.4, -0.2) is 66.5 Å². The van der Waals surface area contributed by atoms with Crippen molar-refractivity contribution >= 4 is 23.1 Å². The molecule has 0 bridgehead atoms. The van der Waals surface area contributed by atoms with Gasteiger partial charge >= 0.3 is 6.09 Å². The molecule has 9 nitrogen and oxygen atoms in total. The van der Waals surface area contributed by atoms with Crippen LogP contribution in [-0.2, 0) is 0 Å². The number of piperazine rings is 1. The van der Waals surface area contributed by atoms with Crippen molar-refractivity contribution in [2.24, 2.45) is 0 Å². The predicted octanol–water partition coefficient (Wildman–Crippen LogP) is 3.34. The third-order valence-corrected chi connectivity index (χ3v) is 5.68. The Kier molecular flexibility index (Phi) is 5.08. The van der Waals surface area contributed by atoms with Crippen molar-refractivity contribution in [1.29, 1.82) is 0 Å². The van der Waals surface area contributed by atoms with Gasteiger partial charge in [0, 0.05) is 31.7 Å². The summed E-state index contributed by atoms with van der Waals surface area (Å²) in [5, 5.41) is 17.0. The molecule has 3 aromatic heterocycles. The summed E-state index contributed by atoms with van der Waals surface area (Å²) in [7, 11) is 0. The summed E-state index contributed by atoms with van der Waals surface area (Å²) in [6, 6.07) is 8.52. The van der Waals surface area contributed by atoms with E-state index in [1.807, 2.05) is 17.9 Å². The van der Waals surface area contributed by atoms with E-state index in [1.165, 1.54) is 29.4 Å². The third kappa shape index (κ3) is 3.71. The highest BCUT2D eigenvalue weighted by Gasteiger charge is 2.28. The van der Waals surface area contributed by atoms with E-state index in [9.17, 15) is 18.7 Å². The largest absolute Gasteiger partial charge is 0.465 e. The summed E-state index contributed by atoms with van der Waals surface area (Å²) in [4.78, 5) is 24.1. The summed E-state index contributed by atoms with van der Waals surface area (Å²) in [5.41, 5.74) is 1.68. The van der Waals surface area contributed by atoms with Crippen LogP contribution >= 0.6 is 0 Å². The lowest BCUT2D eigenvalue weighted by Crippen LogP contribution is -2.53. The summed E-state index contributed by atoms with van der Waals surface area (Å²) < 4.78 is 29.9. The predicted molar refractivity (Wildman–Crippen MR) is 116 cm³/mol. The number of amides is 1. The van der Waals surface area contributed by atoms with E-state index in [4.69, 9.17) is 4.98 Å². The van der Waals surface area contributed by atoms with Gasteiger partial charge in [0.1, 0.15) is 28.8 Å². The third-order valence-electron chi connectivity index (χ3n) is 5.68. The maximum Gasteiger partial charge on any atom is 0.407 e. The lowest BCUT2D eigenvalue weighted by Gasteiger charge is -2.39.